The van der Waals surface area contributed by atoms with Crippen LogP contribution in [0, 0.1) is 6.92 Å². The highest BCUT2D eigenvalue weighted by Gasteiger charge is 2.31. The van der Waals surface area contributed by atoms with E-state index in [1.54, 1.807) is 0 Å². The van der Waals surface area contributed by atoms with Gasteiger partial charge < -0.3 is 10.1 Å². The molecule has 0 radical (unpaired) electrons. The summed E-state index contributed by atoms with van der Waals surface area (Å²) in [6.07, 6.45) is 2.59. The van der Waals surface area contributed by atoms with Crippen LogP contribution in [0.2, 0.25) is 5.02 Å². The molecule has 0 bridgehead atoms. The Bertz CT molecular complexity index is 401. The van der Waals surface area contributed by atoms with Crippen LogP contribution in [-0.4, -0.2) is 12.6 Å². The van der Waals surface area contributed by atoms with E-state index in [1.165, 1.54) is 18.4 Å². The van der Waals surface area contributed by atoms with Gasteiger partial charge in [0.15, 0.2) is 0 Å². The number of halogens is 1. The second kappa shape index (κ2) is 3.39. The Morgan fingerprint density at radius 1 is 1.40 bits per heavy atom. The van der Waals surface area contributed by atoms with Crippen LogP contribution in [0.1, 0.15) is 30.0 Å². The average Bonchev–Trinajstić information content (AvgIpc) is 2.89. The summed E-state index contributed by atoms with van der Waals surface area (Å²) in [4.78, 5) is 0. The van der Waals surface area contributed by atoms with E-state index in [-0.39, 0.29) is 0 Å². The molecule has 2 aliphatic rings. The summed E-state index contributed by atoms with van der Waals surface area (Å²) < 4.78 is 5.70. The van der Waals surface area contributed by atoms with E-state index in [0.717, 1.165) is 22.9 Å². The monoisotopic (exact) mass is 223 g/mol. The molecule has 1 aliphatic heterocycles. The van der Waals surface area contributed by atoms with Crippen molar-refractivity contribution < 1.29 is 4.74 Å². The summed E-state index contributed by atoms with van der Waals surface area (Å²) in [7, 11) is 0. The third kappa shape index (κ3) is 1.72. The smallest absolute Gasteiger partial charge is 0.127 e. The van der Waals surface area contributed by atoms with Gasteiger partial charge in [-0.25, -0.2) is 0 Å². The molecule has 0 spiro atoms. The van der Waals surface area contributed by atoms with Gasteiger partial charge in [-0.3, -0.25) is 0 Å². The maximum atomic E-state index is 6.06. The van der Waals surface area contributed by atoms with Gasteiger partial charge in [0.1, 0.15) is 12.4 Å². The first-order chi connectivity index (χ1) is 7.24. The van der Waals surface area contributed by atoms with E-state index < -0.39 is 0 Å². The fraction of sp³-hybridized carbons (Fsp3) is 0.500. The molecule has 1 heterocycles. The van der Waals surface area contributed by atoms with Crippen molar-refractivity contribution in [2.24, 2.45) is 0 Å². The minimum Gasteiger partial charge on any atom is -0.491 e. The number of hydrogen-bond acceptors (Lipinski definition) is 2. The minimum atomic E-state index is 0.338. The third-order valence-corrected chi connectivity index (χ3v) is 3.27. The second-order valence-electron chi connectivity index (χ2n) is 4.45. The van der Waals surface area contributed by atoms with Crippen molar-refractivity contribution in [1.29, 1.82) is 0 Å². The number of ether oxygens (including phenoxy) is 1. The lowest BCUT2D eigenvalue weighted by molar-refractivity contribution is 0.309. The van der Waals surface area contributed by atoms with Gasteiger partial charge in [0.05, 0.1) is 6.04 Å². The normalized spacial score (nSPS) is 23.7. The number of rotatable bonds is 2. The van der Waals surface area contributed by atoms with E-state index in [9.17, 15) is 0 Å². The molecule has 1 unspecified atom stereocenters. The molecular weight excluding hydrogens is 210 g/mol. The molecule has 1 atom stereocenters. The molecule has 0 amide bonds. The summed E-state index contributed by atoms with van der Waals surface area (Å²) in [5.41, 5.74) is 2.37. The van der Waals surface area contributed by atoms with Gasteiger partial charge in [-0.05, 0) is 37.5 Å². The fourth-order valence-corrected chi connectivity index (χ4v) is 2.42. The van der Waals surface area contributed by atoms with Crippen molar-refractivity contribution in [3.8, 4) is 5.75 Å². The minimum absolute atomic E-state index is 0.338. The van der Waals surface area contributed by atoms with Crippen molar-refractivity contribution in [2.75, 3.05) is 6.61 Å². The number of benzene rings is 1. The average molecular weight is 224 g/mol. The molecule has 2 nitrogen and oxygen atoms in total. The number of nitrogens with one attached hydrogen (secondary N) is 1. The Hall–Kier alpha value is -0.730. The highest BCUT2D eigenvalue weighted by molar-refractivity contribution is 6.30. The zero-order valence-corrected chi connectivity index (χ0v) is 9.47. The summed E-state index contributed by atoms with van der Waals surface area (Å²) >= 11 is 6.06. The lowest BCUT2D eigenvalue weighted by atomic mass is 10.1. The van der Waals surface area contributed by atoms with E-state index in [0.29, 0.717) is 12.1 Å². The number of aryl methyl sites for hydroxylation is 1. The van der Waals surface area contributed by atoms with Gasteiger partial charge in [0.25, 0.3) is 0 Å². The highest BCUT2D eigenvalue weighted by Crippen LogP contribution is 2.38. The predicted molar refractivity (Wildman–Crippen MR) is 60.6 cm³/mol. The molecule has 1 saturated carbocycles. The van der Waals surface area contributed by atoms with Crippen LogP contribution in [0.4, 0.5) is 0 Å². The van der Waals surface area contributed by atoms with Crippen molar-refractivity contribution in [2.45, 2.75) is 31.8 Å². The molecule has 1 aromatic carbocycles. The second-order valence-corrected chi connectivity index (χ2v) is 4.88. The maximum absolute atomic E-state index is 6.06. The summed E-state index contributed by atoms with van der Waals surface area (Å²) in [6, 6.07) is 5.02. The first kappa shape index (κ1) is 9.49. The Balaban J connectivity index is 1.93. The van der Waals surface area contributed by atoms with Crippen molar-refractivity contribution >= 4 is 11.6 Å². The van der Waals surface area contributed by atoms with Crippen LogP contribution in [0.5, 0.6) is 5.75 Å². The predicted octanol–water partition coefficient (Wildman–Crippen LogP) is 2.83. The molecule has 0 aromatic heterocycles. The summed E-state index contributed by atoms with van der Waals surface area (Å²) in [5, 5.41) is 4.38. The van der Waals surface area contributed by atoms with Crippen LogP contribution in [-0.2, 0) is 0 Å². The van der Waals surface area contributed by atoms with Crippen LogP contribution < -0.4 is 10.1 Å². The SMILES string of the molecule is Cc1cc(Cl)cc2c1OCC2NC1CC1. The maximum Gasteiger partial charge on any atom is 0.127 e. The molecule has 15 heavy (non-hydrogen) atoms. The molecule has 1 aromatic rings. The van der Waals surface area contributed by atoms with Gasteiger partial charge in [-0.15, -0.1) is 0 Å². The van der Waals surface area contributed by atoms with Crippen LogP contribution in [0.15, 0.2) is 12.1 Å². The lowest BCUT2D eigenvalue weighted by Crippen LogP contribution is -2.24. The van der Waals surface area contributed by atoms with Crippen molar-refractivity contribution in [3.05, 3.63) is 28.3 Å². The number of hydrogen-bond donors (Lipinski definition) is 1. The molecule has 1 aliphatic carbocycles. The molecule has 1 fully saturated rings. The molecule has 0 saturated heterocycles. The lowest BCUT2D eigenvalue weighted by Gasteiger charge is -2.10. The number of fused-ring (bicyclic) bond motifs is 1. The molecule has 1 N–H and O–H groups in total. The van der Waals surface area contributed by atoms with Crippen LogP contribution in [0.3, 0.4) is 0 Å². The topological polar surface area (TPSA) is 21.3 Å². The van der Waals surface area contributed by atoms with E-state index in [2.05, 4.69) is 5.32 Å². The molecular formula is C12H14ClNO. The molecule has 3 rings (SSSR count). The Kier molecular flexibility index (Phi) is 2.15. The van der Waals surface area contributed by atoms with Gasteiger partial charge in [-0.2, -0.15) is 0 Å². The first-order valence-electron chi connectivity index (χ1n) is 5.43. The van der Waals surface area contributed by atoms with E-state index in [4.69, 9.17) is 16.3 Å². The van der Waals surface area contributed by atoms with Crippen LogP contribution >= 0.6 is 11.6 Å². The van der Waals surface area contributed by atoms with Crippen molar-refractivity contribution in [3.63, 3.8) is 0 Å². The van der Waals surface area contributed by atoms with Crippen LogP contribution in [0.25, 0.3) is 0 Å². The largest absolute Gasteiger partial charge is 0.491 e. The molecule has 80 valence electrons. The highest BCUT2D eigenvalue weighted by atomic mass is 35.5. The molecule has 3 heteroatoms. The summed E-state index contributed by atoms with van der Waals surface area (Å²) in [6.45, 7) is 2.79. The van der Waals surface area contributed by atoms with Crippen molar-refractivity contribution in [1.82, 2.24) is 5.32 Å². The van der Waals surface area contributed by atoms with Gasteiger partial charge in [0.2, 0.25) is 0 Å². The van der Waals surface area contributed by atoms with E-state index in [1.807, 2.05) is 19.1 Å². The zero-order chi connectivity index (χ0) is 10.4. The standard InChI is InChI=1S/C12H14ClNO/c1-7-4-8(13)5-10-11(6-15-12(7)10)14-9-2-3-9/h4-5,9,11,14H,2-3,6H2,1H3. The summed E-state index contributed by atoms with van der Waals surface area (Å²) in [5.74, 6) is 1.03. The Morgan fingerprint density at radius 3 is 2.93 bits per heavy atom. The Morgan fingerprint density at radius 2 is 2.20 bits per heavy atom. The zero-order valence-electron chi connectivity index (χ0n) is 8.72. The fourth-order valence-electron chi connectivity index (χ4n) is 2.14. The van der Waals surface area contributed by atoms with Gasteiger partial charge in [0, 0.05) is 16.6 Å². The Labute approximate surface area is 94.6 Å². The third-order valence-electron chi connectivity index (χ3n) is 3.05. The first-order valence-corrected chi connectivity index (χ1v) is 5.81. The van der Waals surface area contributed by atoms with Gasteiger partial charge >= 0.3 is 0 Å². The van der Waals surface area contributed by atoms with Gasteiger partial charge in [-0.1, -0.05) is 11.6 Å². The van der Waals surface area contributed by atoms with E-state index >= 15 is 0 Å². The quantitative estimate of drug-likeness (QED) is 0.833.